The van der Waals surface area contributed by atoms with Gasteiger partial charge in [-0.2, -0.15) is 0 Å². The summed E-state index contributed by atoms with van der Waals surface area (Å²) in [5.41, 5.74) is 1.59. The van der Waals surface area contributed by atoms with Gasteiger partial charge in [-0.1, -0.05) is 6.92 Å². The van der Waals surface area contributed by atoms with Crippen LogP contribution >= 0.6 is 0 Å². The molecule has 7 nitrogen and oxygen atoms in total. The Morgan fingerprint density at radius 3 is 2.59 bits per heavy atom. The highest BCUT2D eigenvalue weighted by molar-refractivity contribution is 5.94. The van der Waals surface area contributed by atoms with Crippen molar-refractivity contribution in [1.29, 1.82) is 0 Å². The molecule has 0 atom stereocenters. The minimum Gasteiger partial charge on any atom is -0.456 e. The Labute approximate surface area is 159 Å². The maximum absolute atomic E-state index is 12.3. The molecule has 7 heteroatoms. The average molecular weight is 370 g/mol. The molecule has 1 aliphatic heterocycles. The molecule has 27 heavy (non-hydrogen) atoms. The summed E-state index contributed by atoms with van der Waals surface area (Å²) in [6.07, 6.45) is 6.35. The maximum atomic E-state index is 12.3. The third kappa shape index (κ3) is 5.17. The molecule has 2 N–H and O–H groups in total. The van der Waals surface area contributed by atoms with Crippen molar-refractivity contribution in [1.82, 2.24) is 20.5 Å². The van der Waals surface area contributed by atoms with Crippen LogP contribution < -0.4 is 10.6 Å². The van der Waals surface area contributed by atoms with E-state index in [1.165, 1.54) is 19.0 Å². The molecule has 0 aromatic carbocycles. The standard InChI is InChI=1S/C20H26N4O3/c1-2-17-16(14-24-10-3-4-11-24)12-18(27-17)20(26)23-9-8-22-19(25)15-6-5-7-21-13-15/h5-7,12-13H,2-4,8-11,14H2,1H3,(H,22,25)(H,23,26). The predicted molar refractivity (Wildman–Crippen MR) is 102 cm³/mol. The van der Waals surface area contributed by atoms with Crippen LogP contribution in [0.5, 0.6) is 0 Å². The molecule has 0 bridgehead atoms. The van der Waals surface area contributed by atoms with Crippen LogP contribution in [0.15, 0.2) is 35.0 Å². The van der Waals surface area contributed by atoms with Crippen LogP contribution in [0.3, 0.4) is 0 Å². The van der Waals surface area contributed by atoms with Gasteiger partial charge >= 0.3 is 0 Å². The van der Waals surface area contributed by atoms with Crippen LogP contribution in [0, 0.1) is 0 Å². The molecule has 2 amide bonds. The third-order valence-corrected chi connectivity index (χ3v) is 4.65. The van der Waals surface area contributed by atoms with Crippen molar-refractivity contribution >= 4 is 11.8 Å². The minimum absolute atomic E-state index is 0.212. The first-order valence-corrected chi connectivity index (χ1v) is 9.47. The van der Waals surface area contributed by atoms with Gasteiger partial charge in [0.2, 0.25) is 0 Å². The number of rotatable bonds is 8. The number of nitrogens with zero attached hydrogens (tertiary/aromatic N) is 2. The molecular formula is C20H26N4O3. The van der Waals surface area contributed by atoms with Crippen LogP contribution in [0.1, 0.15) is 52.0 Å². The van der Waals surface area contributed by atoms with Crippen molar-refractivity contribution < 1.29 is 14.0 Å². The summed E-state index contributed by atoms with van der Waals surface area (Å²) >= 11 is 0. The highest BCUT2D eigenvalue weighted by Crippen LogP contribution is 2.20. The molecule has 0 saturated carbocycles. The van der Waals surface area contributed by atoms with Crippen molar-refractivity contribution in [2.45, 2.75) is 32.7 Å². The number of aromatic nitrogens is 1. The summed E-state index contributed by atoms with van der Waals surface area (Å²) in [5.74, 6) is 0.737. The molecule has 0 spiro atoms. The fourth-order valence-electron chi connectivity index (χ4n) is 3.23. The number of aryl methyl sites for hydroxylation is 1. The normalized spacial score (nSPS) is 14.3. The third-order valence-electron chi connectivity index (χ3n) is 4.65. The van der Waals surface area contributed by atoms with E-state index in [0.29, 0.717) is 24.4 Å². The van der Waals surface area contributed by atoms with Crippen molar-refractivity contribution in [3.8, 4) is 0 Å². The smallest absolute Gasteiger partial charge is 0.287 e. The van der Waals surface area contributed by atoms with Gasteiger partial charge in [0.15, 0.2) is 5.76 Å². The molecule has 0 unspecified atom stereocenters. The average Bonchev–Trinajstić information content (AvgIpc) is 3.35. The maximum Gasteiger partial charge on any atom is 0.287 e. The summed E-state index contributed by atoms with van der Waals surface area (Å²) < 4.78 is 5.75. The van der Waals surface area contributed by atoms with E-state index in [4.69, 9.17) is 4.42 Å². The zero-order valence-electron chi connectivity index (χ0n) is 15.7. The number of carbonyl (C=O) groups is 2. The van der Waals surface area contributed by atoms with Gasteiger partial charge in [-0.25, -0.2) is 0 Å². The van der Waals surface area contributed by atoms with Crippen LogP contribution in [-0.2, 0) is 13.0 Å². The van der Waals surface area contributed by atoms with Gasteiger partial charge in [0.05, 0.1) is 5.56 Å². The molecule has 3 heterocycles. The topological polar surface area (TPSA) is 87.5 Å². The van der Waals surface area contributed by atoms with Gasteiger partial charge < -0.3 is 15.1 Å². The summed E-state index contributed by atoms with van der Waals surface area (Å²) in [4.78, 5) is 30.6. The van der Waals surface area contributed by atoms with E-state index in [2.05, 4.69) is 20.5 Å². The first-order chi connectivity index (χ1) is 13.2. The molecule has 1 fully saturated rings. The van der Waals surface area contributed by atoms with Crippen LogP contribution in [0.25, 0.3) is 0 Å². The predicted octanol–water partition coefficient (Wildman–Crippen LogP) is 1.99. The summed E-state index contributed by atoms with van der Waals surface area (Å²) in [5, 5.41) is 5.54. The van der Waals surface area contributed by atoms with Gasteiger partial charge in [-0.3, -0.25) is 19.5 Å². The fraction of sp³-hybridized carbons (Fsp3) is 0.450. The number of hydrogen-bond acceptors (Lipinski definition) is 5. The molecule has 1 aliphatic rings. The SMILES string of the molecule is CCc1oc(C(=O)NCCNC(=O)c2cccnc2)cc1CN1CCCC1. The lowest BCUT2D eigenvalue weighted by Crippen LogP contribution is -2.34. The number of likely N-dealkylation sites (tertiary alicyclic amines) is 1. The number of hydrogen-bond donors (Lipinski definition) is 2. The monoisotopic (exact) mass is 370 g/mol. The number of amides is 2. The van der Waals surface area contributed by atoms with Gasteiger partial charge in [0.25, 0.3) is 11.8 Å². The Morgan fingerprint density at radius 2 is 1.93 bits per heavy atom. The number of furan rings is 1. The molecule has 3 rings (SSSR count). The lowest BCUT2D eigenvalue weighted by molar-refractivity contribution is 0.0909. The molecule has 144 valence electrons. The zero-order chi connectivity index (χ0) is 19.1. The molecule has 0 aliphatic carbocycles. The van der Waals surface area contributed by atoms with Crippen LogP contribution in [0.2, 0.25) is 0 Å². The fourth-order valence-corrected chi connectivity index (χ4v) is 3.23. The Kier molecular flexibility index (Phi) is 6.59. The van der Waals surface area contributed by atoms with Crippen LogP contribution in [0.4, 0.5) is 0 Å². The van der Waals surface area contributed by atoms with E-state index in [1.807, 2.05) is 13.0 Å². The Morgan fingerprint density at radius 1 is 1.19 bits per heavy atom. The lowest BCUT2D eigenvalue weighted by atomic mass is 10.2. The molecule has 0 radical (unpaired) electrons. The first kappa shape index (κ1) is 19.1. The Bertz CT molecular complexity index is 767. The summed E-state index contributed by atoms with van der Waals surface area (Å²) in [6.45, 7) is 5.73. The van der Waals surface area contributed by atoms with Crippen molar-refractivity contribution in [2.24, 2.45) is 0 Å². The van der Waals surface area contributed by atoms with Crippen LogP contribution in [-0.4, -0.2) is 47.9 Å². The largest absolute Gasteiger partial charge is 0.456 e. The van der Waals surface area contributed by atoms with E-state index in [1.54, 1.807) is 18.3 Å². The van der Waals surface area contributed by atoms with E-state index in [-0.39, 0.29) is 11.8 Å². The quantitative estimate of drug-likeness (QED) is 0.694. The molecule has 1 saturated heterocycles. The van der Waals surface area contributed by atoms with E-state index < -0.39 is 0 Å². The first-order valence-electron chi connectivity index (χ1n) is 9.47. The summed E-state index contributed by atoms with van der Waals surface area (Å²) in [6, 6.07) is 5.25. The van der Waals surface area contributed by atoms with Gasteiger partial charge in [0, 0.05) is 44.0 Å². The van der Waals surface area contributed by atoms with E-state index in [9.17, 15) is 9.59 Å². The molecule has 2 aromatic rings. The van der Waals surface area contributed by atoms with Crippen molar-refractivity contribution in [3.05, 3.63) is 53.2 Å². The lowest BCUT2D eigenvalue weighted by Gasteiger charge is -2.13. The number of carbonyl (C=O) groups excluding carboxylic acids is 2. The second-order valence-electron chi connectivity index (χ2n) is 6.65. The Hall–Kier alpha value is -2.67. The Balaban J connectivity index is 1.47. The zero-order valence-corrected chi connectivity index (χ0v) is 15.7. The molecular weight excluding hydrogens is 344 g/mol. The van der Waals surface area contributed by atoms with Gasteiger partial charge in [0.1, 0.15) is 5.76 Å². The van der Waals surface area contributed by atoms with Gasteiger partial charge in [-0.15, -0.1) is 0 Å². The highest BCUT2D eigenvalue weighted by Gasteiger charge is 2.19. The number of nitrogens with one attached hydrogen (secondary N) is 2. The van der Waals surface area contributed by atoms with Gasteiger partial charge in [-0.05, 0) is 44.1 Å². The second-order valence-corrected chi connectivity index (χ2v) is 6.65. The minimum atomic E-state index is -0.256. The molecule has 2 aromatic heterocycles. The highest BCUT2D eigenvalue weighted by atomic mass is 16.4. The van der Waals surface area contributed by atoms with E-state index in [0.717, 1.165) is 37.4 Å². The van der Waals surface area contributed by atoms with E-state index >= 15 is 0 Å². The summed E-state index contributed by atoms with van der Waals surface area (Å²) in [7, 11) is 0. The van der Waals surface area contributed by atoms with Crippen molar-refractivity contribution in [2.75, 3.05) is 26.2 Å². The second kappa shape index (κ2) is 9.32. The van der Waals surface area contributed by atoms with Crippen molar-refractivity contribution in [3.63, 3.8) is 0 Å². The number of pyridine rings is 1.